The van der Waals surface area contributed by atoms with E-state index in [1.807, 2.05) is 36.4 Å². The lowest BCUT2D eigenvalue weighted by Gasteiger charge is -2.08. The van der Waals surface area contributed by atoms with Gasteiger partial charge in [-0.15, -0.1) is 11.3 Å². The number of fused-ring (bicyclic) bond motifs is 1. The van der Waals surface area contributed by atoms with E-state index in [9.17, 15) is 4.79 Å². The first-order valence-electron chi connectivity index (χ1n) is 6.36. The summed E-state index contributed by atoms with van der Waals surface area (Å²) in [6.07, 6.45) is 0. The number of rotatable bonds is 3. The molecule has 0 bridgehead atoms. The third-order valence-electron chi connectivity index (χ3n) is 3.08. The number of thiophene rings is 1. The molecule has 4 heteroatoms. The van der Waals surface area contributed by atoms with Crippen molar-refractivity contribution in [2.45, 2.75) is 0 Å². The third-order valence-corrected chi connectivity index (χ3v) is 4.23. The Morgan fingerprint density at radius 2 is 1.85 bits per heavy atom. The van der Waals surface area contributed by atoms with Crippen molar-refractivity contribution in [3.8, 4) is 10.4 Å². The van der Waals surface area contributed by atoms with Gasteiger partial charge in [-0.2, -0.15) is 0 Å². The van der Waals surface area contributed by atoms with Crippen LogP contribution < -0.4 is 11.1 Å². The summed E-state index contributed by atoms with van der Waals surface area (Å²) in [6.45, 7) is -0.0131. The zero-order chi connectivity index (χ0) is 13.9. The Kier molecular flexibility index (Phi) is 3.50. The molecule has 0 fully saturated rings. The predicted octanol–water partition coefficient (Wildman–Crippen LogP) is 3.47. The third kappa shape index (κ3) is 2.43. The average molecular weight is 282 g/mol. The Hall–Kier alpha value is -2.17. The number of hydrogen-bond acceptors (Lipinski definition) is 3. The SMILES string of the molecule is NCC(=O)Nc1ccccc1-c1cc2ccccc2s1. The quantitative estimate of drug-likeness (QED) is 0.773. The summed E-state index contributed by atoms with van der Waals surface area (Å²) in [4.78, 5) is 12.6. The van der Waals surface area contributed by atoms with Crippen molar-refractivity contribution in [2.24, 2.45) is 5.73 Å². The van der Waals surface area contributed by atoms with Gasteiger partial charge in [-0.25, -0.2) is 0 Å². The van der Waals surface area contributed by atoms with Crippen molar-refractivity contribution in [3.05, 3.63) is 54.6 Å². The normalized spacial score (nSPS) is 10.7. The highest BCUT2D eigenvalue weighted by atomic mass is 32.1. The summed E-state index contributed by atoms with van der Waals surface area (Å²) in [7, 11) is 0. The minimum absolute atomic E-state index is 0.0131. The maximum atomic E-state index is 11.5. The number of benzene rings is 2. The second-order valence-electron chi connectivity index (χ2n) is 4.45. The van der Waals surface area contributed by atoms with Gasteiger partial charge in [0, 0.05) is 20.8 Å². The minimum Gasteiger partial charge on any atom is -0.324 e. The van der Waals surface area contributed by atoms with Crippen LogP contribution in [0.25, 0.3) is 20.5 Å². The summed E-state index contributed by atoms with van der Waals surface area (Å²) in [5, 5.41) is 4.06. The lowest BCUT2D eigenvalue weighted by Crippen LogP contribution is -2.22. The molecule has 1 aromatic heterocycles. The average Bonchev–Trinajstić information content (AvgIpc) is 2.91. The minimum atomic E-state index is -0.182. The molecular weight excluding hydrogens is 268 g/mol. The Labute approximate surface area is 121 Å². The fourth-order valence-electron chi connectivity index (χ4n) is 2.12. The van der Waals surface area contributed by atoms with Gasteiger partial charge in [-0.3, -0.25) is 4.79 Å². The van der Waals surface area contributed by atoms with Crippen molar-refractivity contribution in [1.82, 2.24) is 0 Å². The van der Waals surface area contributed by atoms with Crippen molar-refractivity contribution in [3.63, 3.8) is 0 Å². The maximum Gasteiger partial charge on any atom is 0.238 e. The first kappa shape index (κ1) is 12.8. The fraction of sp³-hybridized carbons (Fsp3) is 0.0625. The molecule has 0 radical (unpaired) electrons. The van der Waals surface area contributed by atoms with E-state index >= 15 is 0 Å². The van der Waals surface area contributed by atoms with Crippen LogP contribution >= 0.6 is 11.3 Å². The Morgan fingerprint density at radius 3 is 2.65 bits per heavy atom. The van der Waals surface area contributed by atoms with Crippen molar-refractivity contribution in [1.29, 1.82) is 0 Å². The predicted molar refractivity (Wildman–Crippen MR) is 84.9 cm³/mol. The molecule has 3 aromatic rings. The number of carbonyl (C=O) groups excluding carboxylic acids is 1. The zero-order valence-electron chi connectivity index (χ0n) is 10.8. The Balaban J connectivity index is 2.07. The van der Waals surface area contributed by atoms with Gasteiger partial charge in [0.25, 0.3) is 0 Å². The van der Waals surface area contributed by atoms with Gasteiger partial charge < -0.3 is 11.1 Å². The van der Waals surface area contributed by atoms with Crippen molar-refractivity contribution >= 4 is 33.0 Å². The van der Waals surface area contributed by atoms with E-state index in [2.05, 4.69) is 23.5 Å². The molecule has 0 aliphatic rings. The van der Waals surface area contributed by atoms with E-state index in [1.54, 1.807) is 11.3 Å². The highest BCUT2D eigenvalue weighted by molar-refractivity contribution is 7.22. The highest BCUT2D eigenvalue weighted by Gasteiger charge is 2.09. The highest BCUT2D eigenvalue weighted by Crippen LogP contribution is 2.36. The topological polar surface area (TPSA) is 55.1 Å². The zero-order valence-corrected chi connectivity index (χ0v) is 11.6. The van der Waals surface area contributed by atoms with Gasteiger partial charge in [0.1, 0.15) is 0 Å². The van der Waals surface area contributed by atoms with Crippen LogP contribution in [0.2, 0.25) is 0 Å². The molecule has 3 N–H and O–H groups in total. The molecule has 20 heavy (non-hydrogen) atoms. The molecule has 3 rings (SSSR count). The van der Waals surface area contributed by atoms with Crippen LogP contribution in [0.3, 0.4) is 0 Å². The van der Waals surface area contributed by atoms with Crippen LogP contribution in [0.1, 0.15) is 0 Å². The lowest BCUT2D eigenvalue weighted by atomic mass is 10.1. The monoisotopic (exact) mass is 282 g/mol. The van der Waals surface area contributed by atoms with Crippen molar-refractivity contribution in [2.75, 3.05) is 11.9 Å². The van der Waals surface area contributed by atoms with Crippen LogP contribution in [0.4, 0.5) is 5.69 Å². The summed E-state index contributed by atoms with van der Waals surface area (Å²) in [5.41, 5.74) is 7.18. The number of para-hydroxylation sites is 1. The van der Waals surface area contributed by atoms with Crippen LogP contribution in [0.15, 0.2) is 54.6 Å². The summed E-state index contributed by atoms with van der Waals surface area (Å²) < 4.78 is 1.24. The number of nitrogens with one attached hydrogen (secondary N) is 1. The van der Waals surface area contributed by atoms with Gasteiger partial charge in [-0.1, -0.05) is 36.4 Å². The maximum absolute atomic E-state index is 11.5. The summed E-state index contributed by atoms with van der Waals surface area (Å²) in [5.74, 6) is -0.182. The molecule has 0 aliphatic heterocycles. The van der Waals surface area contributed by atoms with Crippen LogP contribution in [-0.4, -0.2) is 12.5 Å². The molecule has 3 nitrogen and oxygen atoms in total. The number of nitrogens with two attached hydrogens (primary N) is 1. The second kappa shape index (κ2) is 5.45. The van der Waals surface area contributed by atoms with E-state index in [4.69, 9.17) is 5.73 Å². The van der Waals surface area contributed by atoms with Crippen LogP contribution in [-0.2, 0) is 4.79 Å². The summed E-state index contributed by atoms with van der Waals surface area (Å²) in [6, 6.07) is 18.2. The molecule has 1 heterocycles. The van der Waals surface area contributed by atoms with Gasteiger partial charge in [-0.05, 0) is 23.6 Å². The molecule has 1 amide bonds. The molecule has 0 atom stereocenters. The largest absolute Gasteiger partial charge is 0.324 e. The Bertz CT molecular complexity index is 731. The number of amides is 1. The lowest BCUT2D eigenvalue weighted by molar-refractivity contribution is -0.114. The standard InChI is InChI=1S/C16H14N2OS/c17-10-16(19)18-13-7-3-2-6-12(13)15-9-11-5-1-4-8-14(11)20-15/h1-9H,10,17H2,(H,18,19). The number of anilines is 1. The van der Waals surface area contributed by atoms with Crippen LogP contribution in [0, 0.1) is 0 Å². The molecular formula is C16H14N2OS. The molecule has 0 saturated heterocycles. The van der Waals surface area contributed by atoms with Crippen molar-refractivity contribution < 1.29 is 4.79 Å². The molecule has 0 unspecified atom stereocenters. The van der Waals surface area contributed by atoms with E-state index < -0.39 is 0 Å². The Morgan fingerprint density at radius 1 is 1.10 bits per heavy atom. The van der Waals surface area contributed by atoms with E-state index in [1.165, 1.54) is 10.1 Å². The number of hydrogen-bond donors (Lipinski definition) is 2. The van der Waals surface area contributed by atoms with E-state index in [0.29, 0.717) is 0 Å². The molecule has 100 valence electrons. The van der Waals surface area contributed by atoms with Gasteiger partial charge in [0.05, 0.1) is 6.54 Å². The van der Waals surface area contributed by atoms with Gasteiger partial charge in [0.2, 0.25) is 5.91 Å². The van der Waals surface area contributed by atoms with E-state index in [0.717, 1.165) is 16.1 Å². The van der Waals surface area contributed by atoms with E-state index in [-0.39, 0.29) is 12.5 Å². The smallest absolute Gasteiger partial charge is 0.238 e. The van der Waals surface area contributed by atoms with Gasteiger partial charge >= 0.3 is 0 Å². The van der Waals surface area contributed by atoms with Crippen LogP contribution in [0.5, 0.6) is 0 Å². The first-order chi connectivity index (χ1) is 9.78. The molecule has 0 spiro atoms. The molecule has 0 saturated carbocycles. The number of carbonyl (C=O) groups is 1. The first-order valence-corrected chi connectivity index (χ1v) is 7.17. The summed E-state index contributed by atoms with van der Waals surface area (Å²) >= 11 is 1.72. The molecule has 2 aromatic carbocycles. The molecule has 0 aliphatic carbocycles. The van der Waals surface area contributed by atoms with Gasteiger partial charge in [0.15, 0.2) is 0 Å². The second-order valence-corrected chi connectivity index (χ2v) is 5.53. The fourth-order valence-corrected chi connectivity index (χ4v) is 3.23.